The quantitative estimate of drug-likeness (QED) is 0.593. The van der Waals surface area contributed by atoms with E-state index >= 15 is 0 Å². The van der Waals surface area contributed by atoms with Crippen LogP contribution in [-0.2, 0) is 4.79 Å². The van der Waals surface area contributed by atoms with Crippen molar-refractivity contribution in [3.63, 3.8) is 0 Å². The minimum absolute atomic E-state index is 0.0859. The van der Waals surface area contributed by atoms with E-state index in [2.05, 4.69) is 10.6 Å². The number of rotatable bonds is 7. The Hall–Kier alpha value is -1.92. The molecular formula is C16H17ClN2O3S. The van der Waals surface area contributed by atoms with E-state index in [4.69, 9.17) is 16.0 Å². The van der Waals surface area contributed by atoms with Crippen LogP contribution in [0.25, 0.3) is 0 Å². The largest absolute Gasteiger partial charge is 0.459 e. The maximum atomic E-state index is 12.0. The summed E-state index contributed by atoms with van der Waals surface area (Å²) in [6.07, 6.45) is 1.44. The fourth-order valence-corrected chi connectivity index (χ4v) is 2.79. The fraction of sp³-hybridized carbons (Fsp3) is 0.250. The number of hydrogen-bond donors (Lipinski definition) is 2. The van der Waals surface area contributed by atoms with Gasteiger partial charge in [-0.05, 0) is 43.3 Å². The predicted molar refractivity (Wildman–Crippen MR) is 90.8 cm³/mol. The van der Waals surface area contributed by atoms with Crippen LogP contribution in [0.4, 0.5) is 0 Å². The van der Waals surface area contributed by atoms with Crippen LogP contribution in [0.3, 0.4) is 0 Å². The van der Waals surface area contributed by atoms with Crippen LogP contribution >= 0.6 is 23.4 Å². The van der Waals surface area contributed by atoms with Gasteiger partial charge < -0.3 is 15.1 Å². The van der Waals surface area contributed by atoms with Crippen molar-refractivity contribution in [1.82, 2.24) is 10.6 Å². The number of carbonyl (C=O) groups excluding carboxylic acids is 2. The minimum atomic E-state index is -0.298. The van der Waals surface area contributed by atoms with Gasteiger partial charge in [-0.2, -0.15) is 0 Å². The molecule has 2 amide bonds. The first kappa shape index (κ1) is 17.4. The third-order valence-corrected chi connectivity index (χ3v) is 4.31. The molecule has 0 aliphatic rings. The summed E-state index contributed by atoms with van der Waals surface area (Å²) in [7, 11) is 0. The molecule has 0 bridgehead atoms. The molecular weight excluding hydrogens is 336 g/mol. The van der Waals surface area contributed by atoms with Crippen LogP contribution in [0.2, 0.25) is 5.02 Å². The van der Waals surface area contributed by atoms with E-state index in [-0.39, 0.29) is 22.8 Å². The molecule has 1 heterocycles. The summed E-state index contributed by atoms with van der Waals surface area (Å²) in [5.41, 5.74) is 0. The Balaban J connectivity index is 1.67. The number of thioether (sulfide) groups is 1. The topological polar surface area (TPSA) is 71.3 Å². The smallest absolute Gasteiger partial charge is 0.287 e. The first-order valence-electron chi connectivity index (χ1n) is 7.08. The van der Waals surface area contributed by atoms with Gasteiger partial charge in [0, 0.05) is 23.0 Å². The Morgan fingerprint density at radius 1 is 1.17 bits per heavy atom. The van der Waals surface area contributed by atoms with Crippen LogP contribution in [0.15, 0.2) is 52.0 Å². The molecule has 0 radical (unpaired) electrons. The van der Waals surface area contributed by atoms with E-state index in [9.17, 15) is 9.59 Å². The molecule has 1 atom stereocenters. The Morgan fingerprint density at radius 3 is 2.52 bits per heavy atom. The average molecular weight is 353 g/mol. The number of furan rings is 1. The van der Waals surface area contributed by atoms with Gasteiger partial charge in [-0.25, -0.2) is 0 Å². The standard InChI is InChI=1S/C16H17ClN2O3S/c1-11(23-13-6-4-12(17)5-7-13)15(20)18-8-9-19-16(21)14-3-2-10-22-14/h2-7,10-11H,8-9H2,1H3,(H,18,20)(H,19,21)/t11-/m1/s1. The van der Waals surface area contributed by atoms with E-state index in [1.807, 2.05) is 19.1 Å². The third-order valence-electron chi connectivity index (χ3n) is 2.95. The summed E-state index contributed by atoms with van der Waals surface area (Å²) in [4.78, 5) is 24.6. The Labute approximate surface area is 143 Å². The maximum Gasteiger partial charge on any atom is 0.287 e. The number of nitrogens with one attached hydrogen (secondary N) is 2. The molecule has 0 aliphatic heterocycles. The number of hydrogen-bond acceptors (Lipinski definition) is 4. The normalized spacial score (nSPS) is 11.7. The van der Waals surface area contributed by atoms with Gasteiger partial charge in [0.25, 0.3) is 5.91 Å². The zero-order chi connectivity index (χ0) is 16.7. The van der Waals surface area contributed by atoms with Crippen LogP contribution in [0.5, 0.6) is 0 Å². The van der Waals surface area contributed by atoms with Gasteiger partial charge in [0.2, 0.25) is 5.91 Å². The van der Waals surface area contributed by atoms with Gasteiger partial charge in [-0.3, -0.25) is 9.59 Å². The number of amides is 2. The van der Waals surface area contributed by atoms with E-state index in [1.165, 1.54) is 18.0 Å². The van der Waals surface area contributed by atoms with Crippen molar-refractivity contribution in [2.45, 2.75) is 17.1 Å². The van der Waals surface area contributed by atoms with Gasteiger partial charge in [-0.1, -0.05) is 11.6 Å². The molecule has 122 valence electrons. The monoisotopic (exact) mass is 352 g/mol. The van der Waals surface area contributed by atoms with Gasteiger partial charge in [0.05, 0.1) is 11.5 Å². The van der Waals surface area contributed by atoms with E-state index < -0.39 is 0 Å². The highest BCUT2D eigenvalue weighted by molar-refractivity contribution is 8.00. The highest BCUT2D eigenvalue weighted by atomic mass is 35.5. The van der Waals surface area contributed by atoms with E-state index in [0.717, 1.165) is 4.90 Å². The van der Waals surface area contributed by atoms with Crippen molar-refractivity contribution in [1.29, 1.82) is 0 Å². The summed E-state index contributed by atoms with van der Waals surface area (Å²) in [6.45, 7) is 2.52. The zero-order valence-corrected chi connectivity index (χ0v) is 14.1. The minimum Gasteiger partial charge on any atom is -0.459 e. The molecule has 1 aromatic heterocycles. The van der Waals surface area contributed by atoms with Crippen molar-refractivity contribution in [2.75, 3.05) is 13.1 Å². The molecule has 23 heavy (non-hydrogen) atoms. The summed E-state index contributed by atoms with van der Waals surface area (Å²) in [6, 6.07) is 10.6. The molecule has 0 saturated heterocycles. The first-order valence-corrected chi connectivity index (χ1v) is 8.33. The Kier molecular flexibility index (Phi) is 6.55. The first-order chi connectivity index (χ1) is 11.1. The van der Waals surface area contributed by atoms with Crippen molar-refractivity contribution in [3.05, 3.63) is 53.4 Å². The Morgan fingerprint density at radius 2 is 1.87 bits per heavy atom. The summed E-state index contributed by atoms with van der Waals surface area (Å²) in [5, 5.41) is 5.88. The SMILES string of the molecule is C[C@@H](Sc1ccc(Cl)cc1)C(=O)NCCNC(=O)c1ccco1. The zero-order valence-electron chi connectivity index (χ0n) is 12.5. The summed E-state index contributed by atoms with van der Waals surface area (Å²) >= 11 is 7.28. The second-order valence-corrected chi connectivity index (χ2v) is 6.59. The number of benzene rings is 1. The lowest BCUT2D eigenvalue weighted by atomic mass is 10.4. The number of carbonyl (C=O) groups is 2. The van der Waals surface area contributed by atoms with Gasteiger partial charge >= 0.3 is 0 Å². The summed E-state index contributed by atoms with van der Waals surface area (Å²) < 4.78 is 4.97. The molecule has 1 aromatic carbocycles. The second kappa shape index (κ2) is 8.64. The average Bonchev–Trinajstić information content (AvgIpc) is 3.07. The van der Waals surface area contributed by atoms with Crippen molar-refractivity contribution in [3.8, 4) is 0 Å². The second-order valence-electron chi connectivity index (χ2n) is 4.74. The summed E-state index contributed by atoms with van der Waals surface area (Å²) in [5.74, 6) is -0.131. The van der Waals surface area contributed by atoms with E-state index in [1.54, 1.807) is 24.3 Å². The predicted octanol–water partition coefficient (Wildman–Crippen LogP) is 2.96. The molecule has 2 N–H and O–H groups in total. The Bertz CT molecular complexity index is 644. The van der Waals surface area contributed by atoms with E-state index in [0.29, 0.717) is 18.1 Å². The third kappa shape index (κ3) is 5.65. The molecule has 0 fully saturated rings. The maximum absolute atomic E-state index is 12.0. The fourth-order valence-electron chi connectivity index (χ4n) is 1.77. The lowest BCUT2D eigenvalue weighted by Crippen LogP contribution is -2.37. The van der Waals surface area contributed by atoms with Crippen molar-refractivity contribution >= 4 is 35.2 Å². The van der Waals surface area contributed by atoms with Crippen molar-refractivity contribution < 1.29 is 14.0 Å². The van der Waals surface area contributed by atoms with Gasteiger partial charge in [-0.15, -0.1) is 11.8 Å². The van der Waals surface area contributed by atoms with Crippen LogP contribution < -0.4 is 10.6 Å². The molecule has 0 saturated carbocycles. The lowest BCUT2D eigenvalue weighted by Gasteiger charge is -2.12. The van der Waals surface area contributed by atoms with Crippen LogP contribution in [0, 0.1) is 0 Å². The van der Waals surface area contributed by atoms with Gasteiger partial charge in [0.1, 0.15) is 0 Å². The van der Waals surface area contributed by atoms with Crippen LogP contribution in [-0.4, -0.2) is 30.2 Å². The number of halogens is 1. The van der Waals surface area contributed by atoms with Crippen molar-refractivity contribution in [2.24, 2.45) is 0 Å². The molecule has 0 aliphatic carbocycles. The highest BCUT2D eigenvalue weighted by Crippen LogP contribution is 2.24. The molecule has 2 aromatic rings. The highest BCUT2D eigenvalue weighted by Gasteiger charge is 2.14. The van der Waals surface area contributed by atoms with Crippen LogP contribution in [0.1, 0.15) is 17.5 Å². The molecule has 7 heteroatoms. The molecule has 0 unspecified atom stereocenters. The lowest BCUT2D eigenvalue weighted by molar-refractivity contribution is -0.120. The molecule has 2 rings (SSSR count). The molecule has 0 spiro atoms. The van der Waals surface area contributed by atoms with Gasteiger partial charge in [0.15, 0.2) is 5.76 Å². The molecule has 5 nitrogen and oxygen atoms in total.